The summed E-state index contributed by atoms with van der Waals surface area (Å²) >= 11 is 13.4. The number of fused-ring (bicyclic) bond motifs is 3. The standard InChI is InChI=1S/C35H36Cl2FN3O6/c1-19-14-39(9-8-31(19)45-2)23-10-27(36)32(28(37)11-23)34(42)40-15-20-4-3-5-24(33(20)47-18-40)25-13-30(26(35(43)44)12-29(25)38)41-21-6-7-22(41)17-46-16-21/h3-5,10-13,19,21-22,31H,6-9,14-18H2,1-2H3,(H,43,44)/t19-,21?,22?,31+/m1/s1. The van der Waals surface area contributed by atoms with E-state index in [0.29, 0.717) is 41.7 Å². The predicted octanol–water partition coefficient (Wildman–Crippen LogP) is 6.72. The third kappa shape index (κ3) is 5.79. The number of ether oxygens (including phenoxy) is 3. The highest BCUT2D eigenvalue weighted by Crippen LogP contribution is 2.43. The van der Waals surface area contributed by atoms with Crippen LogP contribution < -0.4 is 14.5 Å². The van der Waals surface area contributed by atoms with E-state index in [-0.39, 0.29) is 64.1 Å². The van der Waals surface area contributed by atoms with Crippen LogP contribution >= 0.6 is 23.2 Å². The van der Waals surface area contributed by atoms with Gasteiger partial charge in [0.25, 0.3) is 5.91 Å². The summed E-state index contributed by atoms with van der Waals surface area (Å²) in [7, 11) is 1.73. The Morgan fingerprint density at radius 3 is 2.40 bits per heavy atom. The Bertz CT molecular complexity index is 1700. The molecule has 1 amide bonds. The third-order valence-electron chi connectivity index (χ3n) is 9.97. The van der Waals surface area contributed by atoms with Crippen LogP contribution in [-0.4, -0.2) is 80.2 Å². The molecule has 3 saturated heterocycles. The number of halogens is 3. The number of hydrogen-bond acceptors (Lipinski definition) is 7. The molecule has 248 valence electrons. The number of carboxylic acid groups (broad SMARTS) is 1. The Morgan fingerprint density at radius 2 is 1.74 bits per heavy atom. The summed E-state index contributed by atoms with van der Waals surface area (Å²) < 4.78 is 33.1. The van der Waals surface area contributed by atoms with Crippen molar-refractivity contribution in [3.05, 3.63) is 75.0 Å². The molecule has 0 spiro atoms. The van der Waals surface area contributed by atoms with E-state index in [1.165, 1.54) is 4.90 Å². The van der Waals surface area contributed by atoms with E-state index < -0.39 is 11.8 Å². The monoisotopic (exact) mass is 683 g/mol. The lowest BCUT2D eigenvalue weighted by atomic mass is 9.96. The highest BCUT2D eigenvalue weighted by atomic mass is 35.5. The molecule has 3 aromatic carbocycles. The first-order chi connectivity index (χ1) is 22.6. The van der Waals surface area contributed by atoms with Crippen molar-refractivity contribution >= 4 is 46.5 Å². The van der Waals surface area contributed by atoms with E-state index in [1.807, 2.05) is 6.07 Å². The largest absolute Gasteiger partial charge is 0.478 e. The van der Waals surface area contributed by atoms with Crippen molar-refractivity contribution in [3.63, 3.8) is 0 Å². The van der Waals surface area contributed by atoms with Crippen molar-refractivity contribution in [2.75, 3.05) is 49.9 Å². The Labute approximate surface area is 282 Å². The lowest BCUT2D eigenvalue weighted by Crippen LogP contribution is -2.46. The second kappa shape index (κ2) is 12.8. The van der Waals surface area contributed by atoms with Gasteiger partial charge in [0.05, 0.1) is 64.8 Å². The molecule has 3 aromatic rings. The number of piperidine rings is 1. The molecule has 4 heterocycles. The van der Waals surface area contributed by atoms with E-state index in [4.69, 9.17) is 37.4 Å². The second-order valence-corrected chi connectivity index (χ2v) is 13.6. The number of anilines is 2. The summed E-state index contributed by atoms with van der Waals surface area (Å²) in [6, 6.07) is 11.7. The average Bonchev–Trinajstić information content (AvgIpc) is 3.30. The molecule has 4 atom stereocenters. The normalized spacial score (nSPS) is 23.8. The van der Waals surface area contributed by atoms with E-state index in [9.17, 15) is 14.7 Å². The summed E-state index contributed by atoms with van der Waals surface area (Å²) in [5.41, 5.74) is 2.83. The molecule has 2 bridgehead atoms. The van der Waals surface area contributed by atoms with Crippen molar-refractivity contribution in [2.24, 2.45) is 5.92 Å². The molecule has 2 unspecified atom stereocenters. The molecule has 47 heavy (non-hydrogen) atoms. The summed E-state index contributed by atoms with van der Waals surface area (Å²) in [6.45, 7) is 4.80. The summed E-state index contributed by atoms with van der Waals surface area (Å²) in [5.74, 6) is -1.46. The Morgan fingerprint density at radius 1 is 1.02 bits per heavy atom. The molecule has 9 nitrogen and oxygen atoms in total. The van der Waals surface area contributed by atoms with Crippen LogP contribution in [0.3, 0.4) is 0 Å². The number of methoxy groups -OCH3 is 1. The zero-order chi connectivity index (χ0) is 33.0. The van der Waals surface area contributed by atoms with Crippen LogP contribution in [-0.2, 0) is 16.0 Å². The number of benzene rings is 3. The number of carbonyl (C=O) groups excluding carboxylic acids is 1. The maximum absolute atomic E-state index is 15.7. The number of carboxylic acids is 1. The smallest absolute Gasteiger partial charge is 0.337 e. The molecular weight excluding hydrogens is 648 g/mol. The number of rotatable bonds is 6. The fourth-order valence-corrected chi connectivity index (χ4v) is 8.24. The van der Waals surface area contributed by atoms with Crippen molar-refractivity contribution in [3.8, 4) is 16.9 Å². The lowest BCUT2D eigenvalue weighted by Gasteiger charge is -2.38. The Balaban J connectivity index is 1.16. The van der Waals surface area contributed by atoms with Gasteiger partial charge in [0.2, 0.25) is 0 Å². The summed E-state index contributed by atoms with van der Waals surface area (Å²) in [5, 5.41) is 10.5. The molecule has 4 aliphatic heterocycles. The minimum absolute atomic E-state index is 0.0322. The van der Waals surface area contributed by atoms with E-state index in [1.54, 1.807) is 37.4 Å². The molecule has 3 fully saturated rings. The van der Waals surface area contributed by atoms with Gasteiger partial charge in [-0.3, -0.25) is 4.79 Å². The maximum Gasteiger partial charge on any atom is 0.337 e. The molecule has 1 N–H and O–H groups in total. The molecule has 4 aliphatic rings. The minimum atomic E-state index is -1.19. The van der Waals surface area contributed by atoms with Gasteiger partial charge in [-0.15, -0.1) is 0 Å². The van der Waals surface area contributed by atoms with Crippen molar-refractivity contribution in [2.45, 2.75) is 50.9 Å². The van der Waals surface area contributed by atoms with Crippen molar-refractivity contribution in [1.82, 2.24) is 4.90 Å². The average molecular weight is 685 g/mol. The molecule has 12 heteroatoms. The highest BCUT2D eigenvalue weighted by molar-refractivity contribution is 6.40. The van der Waals surface area contributed by atoms with E-state index in [2.05, 4.69) is 16.7 Å². The fourth-order valence-electron chi connectivity index (χ4n) is 7.60. The van der Waals surface area contributed by atoms with Crippen LogP contribution in [0.5, 0.6) is 5.75 Å². The van der Waals surface area contributed by atoms with Crippen LogP contribution in [0.4, 0.5) is 15.8 Å². The number of carbonyl (C=O) groups is 2. The van der Waals surface area contributed by atoms with Gasteiger partial charge in [-0.25, -0.2) is 9.18 Å². The SMILES string of the molecule is CO[C@H]1CCN(c2cc(Cl)c(C(=O)N3COc4c(cccc4-c4cc(N5C6CCC5COC6)c(C(=O)O)cc4F)C3)c(Cl)c2)C[C@H]1C. The Kier molecular flexibility index (Phi) is 8.72. The van der Waals surface area contributed by atoms with Crippen LogP contribution in [0.15, 0.2) is 42.5 Å². The van der Waals surface area contributed by atoms with Gasteiger partial charge < -0.3 is 34.0 Å². The van der Waals surface area contributed by atoms with Crippen LogP contribution in [0.2, 0.25) is 10.0 Å². The molecule has 0 saturated carbocycles. The number of hydrogen-bond donors (Lipinski definition) is 1. The van der Waals surface area contributed by atoms with Gasteiger partial charge >= 0.3 is 5.97 Å². The number of para-hydroxylation sites is 1. The van der Waals surface area contributed by atoms with Crippen LogP contribution in [0.25, 0.3) is 11.1 Å². The third-order valence-corrected chi connectivity index (χ3v) is 10.6. The van der Waals surface area contributed by atoms with Gasteiger partial charge in [0.1, 0.15) is 11.6 Å². The van der Waals surface area contributed by atoms with E-state index in [0.717, 1.165) is 44.1 Å². The summed E-state index contributed by atoms with van der Waals surface area (Å²) in [6.07, 6.45) is 2.84. The molecule has 7 rings (SSSR count). The molecule has 0 aromatic heterocycles. The fraction of sp³-hybridized carbons (Fsp3) is 0.429. The zero-order valence-corrected chi connectivity index (χ0v) is 27.7. The van der Waals surface area contributed by atoms with Gasteiger partial charge in [-0.2, -0.15) is 0 Å². The van der Waals surface area contributed by atoms with Gasteiger partial charge in [0.15, 0.2) is 6.73 Å². The highest BCUT2D eigenvalue weighted by Gasteiger charge is 2.40. The minimum Gasteiger partial charge on any atom is -0.478 e. The molecule has 0 aliphatic carbocycles. The number of nitrogens with zero attached hydrogens (tertiary/aromatic N) is 3. The molecule has 0 radical (unpaired) electrons. The topological polar surface area (TPSA) is 91.8 Å². The summed E-state index contributed by atoms with van der Waals surface area (Å²) in [4.78, 5) is 31.8. The number of amides is 1. The first-order valence-corrected chi connectivity index (χ1v) is 16.6. The maximum atomic E-state index is 15.7. The van der Waals surface area contributed by atoms with E-state index >= 15 is 4.39 Å². The second-order valence-electron chi connectivity index (χ2n) is 12.8. The number of aromatic carboxylic acids is 1. The van der Waals surface area contributed by atoms with Crippen LogP contribution in [0, 0.1) is 11.7 Å². The van der Waals surface area contributed by atoms with Crippen molar-refractivity contribution in [1.29, 1.82) is 0 Å². The van der Waals surface area contributed by atoms with Gasteiger partial charge in [0, 0.05) is 42.6 Å². The van der Waals surface area contributed by atoms with Gasteiger partial charge in [-0.05, 0) is 49.4 Å². The first-order valence-electron chi connectivity index (χ1n) is 15.9. The quantitative estimate of drug-likeness (QED) is 0.306. The van der Waals surface area contributed by atoms with Crippen LogP contribution in [0.1, 0.15) is 52.5 Å². The molecular formula is C35H36Cl2FN3O6. The lowest BCUT2D eigenvalue weighted by molar-refractivity contribution is 0.0445. The Hall–Kier alpha value is -3.57. The predicted molar refractivity (Wildman–Crippen MR) is 178 cm³/mol. The van der Waals surface area contributed by atoms with Gasteiger partial charge in [-0.1, -0.05) is 48.3 Å². The zero-order valence-electron chi connectivity index (χ0n) is 26.2. The number of morpholine rings is 1. The first kappa shape index (κ1) is 32.0. The van der Waals surface area contributed by atoms with Crippen molar-refractivity contribution < 1.29 is 33.3 Å².